The standard InChI is InChI=1S/C39H51ClN4O9S2/c1-44(24-7-9-25(10-8-24)53-37(48)39(50,33-5-3-17-54-33)34-6-4-18-55-34)15-16-52-38(49)42-29-20-32(51-2)23(19-28(29)40)21-41-22-31(46)26-11-13-30(45)36-27(26)12-14-35(47)43-36/h3-6,17-20,24-27,30-31,36,41,45-46,50H,7-16,21-22H2,1-2H3,(H,42,49)(H,43,47)/t24?,25?,26?,27?,30?,31-,36?/m0/s1. The molecule has 1 aromatic carbocycles. The third kappa shape index (κ3) is 9.82. The molecule has 3 aromatic rings. The van der Waals surface area contributed by atoms with Crippen molar-refractivity contribution < 1.29 is 43.9 Å². The van der Waals surface area contributed by atoms with E-state index in [1.807, 2.05) is 17.8 Å². The molecule has 13 nitrogen and oxygen atoms in total. The van der Waals surface area contributed by atoms with Crippen LogP contribution in [0.15, 0.2) is 47.2 Å². The Labute approximate surface area is 334 Å². The van der Waals surface area contributed by atoms with Crippen molar-refractivity contribution in [2.75, 3.05) is 39.2 Å². The normalized spacial score (nSPS) is 24.7. The molecule has 6 N–H and O–H groups in total. The number of nitrogens with zero attached hydrogens (tertiary/aromatic N) is 1. The smallest absolute Gasteiger partial charge is 0.411 e. The van der Waals surface area contributed by atoms with Gasteiger partial charge in [-0.2, -0.15) is 0 Å². The van der Waals surface area contributed by atoms with E-state index in [1.54, 1.807) is 36.4 Å². The van der Waals surface area contributed by atoms with Crippen molar-refractivity contribution in [3.63, 3.8) is 0 Å². The average molecular weight is 819 g/mol. The zero-order chi connectivity index (χ0) is 39.1. The fourth-order valence-corrected chi connectivity index (χ4v) is 10.2. The first-order valence-electron chi connectivity index (χ1n) is 18.9. The Balaban J connectivity index is 0.916. The third-order valence-electron chi connectivity index (χ3n) is 11.3. The SMILES string of the molecule is COc1cc(NC(=O)OCCN(C)C2CCC(OC(=O)C(O)(c3cccs3)c3cccs3)CC2)c(Cl)cc1CNC[C@H](O)C1CCC(O)C2NC(=O)CCC21. The summed E-state index contributed by atoms with van der Waals surface area (Å²) in [5.41, 5.74) is -0.742. The maximum absolute atomic E-state index is 13.4. The number of hydrogen-bond acceptors (Lipinski definition) is 13. The molecule has 16 heteroatoms. The van der Waals surface area contributed by atoms with E-state index in [0.717, 1.165) is 18.4 Å². The summed E-state index contributed by atoms with van der Waals surface area (Å²) in [4.78, 5) is 41.2. The van der Waals surface area contributed by atoms with Crippen LogP contribution in [0.4, 0.5) is 10.5 Å². The zero-order valence-corrected chi connectivity index (χ0v) is 33.5. The lowest BCUT2D eigenvalue weighted by molar-refractivity contribution is -0.169. The van der Waals surface area contributed by atoms with Gasteiger partial charge in [0.1, 0.15) is 18.5 Å². The van der Waals surface area contributed by atoms with Crippen LogP contribution in [0.2, 0.25) is 5.02 Å². The highest BCUT2D eigenvalue weighted by Crippen LogP contribution is 2.40. The van der Waals surface area contributed by atoms with Gasteiger partial charge in [0.2, 0.25) is 11.5 Å². The van der Waals surface area contributed by atoms with E-state index in [0.29, 0.717) is 84.4 Å². The van der Waals surface area contributed by atoms with Gasteiger partial charge >= 0.3 is 12.1 Å². The van der Waals surface area contributed by atoms with Gasteiger partial charge in [-0.15, -0.1) is 22.7 Å². The number of nitrogens with one attached hydrogen (secondary N) is 3. The Hall–Kier alpha value is -3.28. The summed E-state index contributed by atoms with van der Waals surface area (Å²) in [6.45, 7) is 1.32. The van der Waals surface area contributed by atoms with Gasteiger partial charge in [-0.05, 0) is 92.8 Å². The second-order valence-electron chi connectivity index (χ2n) is 14.7. The van der Waals surface area contributed by atoms with Gasteiger partial charge in [-0.3, -0.25) is 10.1 Å². The minimum absolute atomic E-state index is 0.0229. The highest BCUT2D eigenvalue weighted by atomic mass is 35.5. The molecular weight excluding hydrogens is 768 g/mol. The van der Waals surface area contributed by atoms with Crippen LogP contribution in [-0.4, -0.2) is 102 Å². The molecule has 2 aliphatic carbocycles. The van der Waals surface area contributed by atoms with Gasteiger partial charge < -0.3 is 45.1 Å². The third-order valence-corrected chi connectivity index (χ3v) is 13.6. The summed E-state index contributed by atoms with van der Waals surface area (Å²) in [7, 11) is 3.50. The van der Waals surface area contributed by atoms with E-state index in [1.165, 1.54) is 29.8 Å². The van der Waals surface area contributed by atoms with Crippen molar-refractivity contribution in [3.8, 4) is 5.75 Å². The van der Waals surface area contributed by atoms with E-state index in [9.17, 15) is 29.7 Å². The van der Waals surface area contributed by atoms with E-state index < -0.39 is 29.9 Å². The van der Waals surface area contributed by atoms with Gasteiger partial charge in [-0.1, -0.05) is 23.7 Å². The van der Waals surface area contributed by atoms with Gasteiger partial charge in [0.25, 0.3) is 0 Å². The predicted octanol–water partition coefficient (Wildman–Crippen LogP) is 4.86. The Morgan fingerprint density at radius 2 is 1.78 bits per heavy atom. The molecule has 1 saturated heterocycles. The molecule has 300 valence electrons. The Morgan fingerprint density at radius 1 is 1.07 bits per heavy atom. The molecule has 3 heterocycles. The maximum atomic E-state index is 13.4. The Morgan fingerprint density at radius 3 is 2.44 bits per heavy atom. The number of amides is 2. The minimum atomic E-state index is -1.82. The number of ether oxygens (including phenoxy) is 3. The number of fused-ring (bicyclic) bond motifs is 1. The van der Waals surface area contributed by atoms with E-state index >= 15 is 0 Å². The maximum Gasteiger partial charge on any atom is 0.411 e. The summed E-state index contributed by atoms with van der Waals surface area (Å²) in [6, 6.07) is 10.3. The molecule has 4 unspecified atom stereocenters. The molecule has 3 fully saturated rings. The number of anilines is 1. The van der Waals surface area contributed by atoms with Crippen molar-refractivity contribution in [2.24, 2.45) is 11.8 Å². The molecule has 5 atom stereocenters. The van der Waals surface area contributed by atoms with Crippen LogP contribution in [0.3, 0.4) is 0 Å². The zero-order valence-electron chi connectivity index (χ0n) is 31.1. The Bertz CT molecular complexity index is 1700. The number of thiophene rings is 2. The van der Waals surface area contributed by atoms with Crippen molar-refractivity contribution in [3.05, 3.63) is 67.5 Å². The lowest BCUT2D eigenvalue weighted by Crippen LogP contribution is -2.58. The number of aliphatic hydroxyl groups excluding tert-OH is 2. The summed E-state index contributed by atoms with van der Waals surface area (Å²) in [6.07, 6.45) is 2.96. The molecular formula is C39H51ClN4O9S2. The topological polar surface area (TPSA) is 179 Å². The van der Waals surface area contributed by atoms with Crippen LogP contribution < -0.4 is 20.7 Å². The number of hydrogen-bond donors (Lipinski definition) is 6. The second-order valence-corrected chi connectivity index (χ2v) is 17.0. The predicted molar refractivity (Wildman–Crippen MR) is 210 cm³/mol. The first kappa shape index (κ1) is 41.4. The first-order chi connectivity index (χ1) is 26.5. The largest absolute Gasteiger partial charge is 0.496 e. The number of rotatable bonds is 15. The number of piperidine rings is 1. The monoisotopic (exact) mass is 818 g/mol. The highest BCUT2D eigenvalue weighted by molar-refractivity contribution is 7.12. The van der Waals surface area contributed by atoms with Crippen molar-refractivity contribution >= 4 is 57.9 Å². The molecule has 55 heavy (non-hydrogen) atoms. The van der Waals surface area contributed by atoms with Crippen molar-refractivity contribution in [1.82, 2.24) is 15.5 Å². The first-order valence-corrected chi connectivity index (χ1v) is 21.0. The number of likely N-dealkylation sites (N-methyl/N-ethyl adjacent to an activating group) is 1. The molecule has 0 bridgehead atoms. The summed E-state index contributed by atoms with van der Waals surface area (Å²) in [5.74, 6) is -0.225. The molecule has 2 aromatic heterocycles. The molecule has 0 spiro atoms. The molecule has 6 rings (SSSR count). The van der Waals surface area contributed by atoms with Crippen LogP contribution in [0, 0.1) is 11.8 Å². The number of methoxy groups -OCH3 is 1. The highest BCUT2D eigenvalue weighted by Gasteiger charge is 2.46. The van der Waals surface area contributed by atoms with E-state index in [2.05, 4.69) is 20.9 Å². The fourth-order valence-electron chi connectivity index (χ4n) is 8.21. The van der Waals surface area contributed by atoms with Crippen molar-refractivity contribution in [2.45, 2.75) is 93.9 Å². The van der Waals surface area contributed by atoms with Gasteiger partial charge in [0.05, 0.1) is 45.8 Å². The van der Waals surface area contributed by atoms with Crippen molar-refractivity contribution in [1.29, 1.82) is 0 Å². The number of halogens is 1. The van der Waals surface area contributed by atoms with Gasteiger partial charge in [0, 0.05) is 43.7 Å². The van der Waals surface area contributed by atoms with Crippen LogP contribution in [-0.2, 0) is 31.2 Å². The number of carbonyl (C=O) groups is 3. The number of carbonyl (C=O) groups excluding carboxylic acids is 3. The summed E-state index contributed by atoms with van der Waals surface area (Å²) < 4.78 is 16.9. The number of aliphatic hydroxyl groups is 3. The molecule has 3 aliphatic rings. The molecule has 2 saturated carbocycles. The summed E-state index contributed by atoms with van der Waals surface area (Å²) >= 11 is 9.20. The van der Waals surface area contributed by atoms with Gasteiger partial charge in [-0.25, -0.2) is 9.59 Å². The second kappa shape index (κ2) is 18.8. The average Bonchev–Trinajstić information content (AvgIpc) is 3.93. The van der Waals surface area contributed by atoms with Crippen LogP contribution >= 0.6 is 34.3 Å². The number of esters is 1. The minimum Gasteiger partial charge on any atom is -0.496 e. The molecule has 1 aliphatic heterocycles. The van der Waals surface area contributed by atoms with Crippen LogP contribution in [0.1, 0.15) is 66.7 Å². The fraction of sp³-hybridized carbons (Fsp3) is 0.564. The lowest BCUT2D eigenvalue weighted by Gasteiger charge is -2.45. The van der Waals surface area contributed by atoms with Crippen LogP contribution in [0.25, 0.3) is 0 Å². The quantitative estimate of drug-likeness (QED) is 0.116. The van der Waals surface area contributed by atoms with Gasteiger partial charge in [0.15, 0.2) is 0 Å². The lowest BCUT2D eigenvalue weighted by atomic mass is 9.68. The van der Waals surface area contributed by atoms with Crippen LogP contribution in [0.5, 0.6) is 5.75 Å². The summed E-state index contributed by atoms with van der Waals surface area (Å²) in [5, 5.41) is 45.9. The van der Waals surface area contributed by atoms with E-state index in [4.69, 9.17) is 25.8 Å². The molecule has 0 radical (unpaired) electrons. The van der Waals surface area contributed by atoms with E-state index in [-0.39, 0.29) is 42.5 Å². The molecule has 2 amide bonds. The Kier molecular flexibility index (Phi) is 14.1. The number of benzene rings is 1.